The van der Waals surface area contributed by atoms with Crippen LogP contribution in [0, 0.1) is 11.6 Å². The third-order valence-electron chi connectivity index (χ3n) is 2.28. The van der Waals surface area contributed by atoms with Crippen LogP contribution in [0.25, 0.3) is 0 Å². The summed E-state index contributed by atoms with van der Waals surface area (Å²) in [6, 6.07) is 2.24. The van der Waals surface area contributed by atoms with Gasteiger partial charge in [-0.1, -0.05) is 15.9 Å². The van der Waals surface area contributed by atoms with Crippen molar-refractivity contribution >= 4 is 15.9 Å². The molecule has 1 saturated carbocycles. The summed E-state index contributed by atoms with van der Waals surface area (Å²) in [6.45, 7) is -0.0670. The number of hydrogen-bond donors (Lipinski definition) is 1. The Morgan fingerprint density at radius 1 is 1.33 bits per heavy atom. The lowest BCUT2D eigenvalue weighted by Crippen LogP contribution is -2.19. The van der Waals surface area contributed by atoms with E-state index in [1.54, 1.807) is 0 Å². The zero-order valence-corrected chi connectivity index (χ0v) is 9.35. The van der Waals surface area contributed by atoms with Gasteiger partial charge in [-0.2, -0.15) is 0 Å². The Balaban J connectivity index is 2.13. The lowest BCUT2D eigenvalue weighted by molar-refractivity contribution is 0.0814. The number of benzene rings is 1. The van der Waals surface area contributed by atoms with E-state index >= 15 is 0 Å². The molecule has 0 amide bonds. The van der Waals surface area contributed by atoms with Gasteiger partial charge in [-0.25, -0.2) is 8.78 Å². The van der Waals surface area contributed by atoms with Gasteiger partial charge in [0, 0.05) is 4.47 Å². The minimum absolute atomic E-state index is 0.0670. The molecular formula is C10H9BrF2O2. The first-order valence-electron chi connectivity index (χ1n) is 4.50. The van der Waals surface area contributed by atoms with Crippen LogP contribution >= 0.6 is 15.9 Å². The number of hydrogen-bond acceptors (Lipinski definition) is 2. The Morgan fingerprint density at radius 2 is 1.87 bits per heavy atom. The number of aliphatic hydroxyl groups is 1. The molecule has 1 aromatic carbocycles. The molecule has 2 rings (SSSR count). The molecule has 82 valence electrons. The van der Waals surface area contributed by atoms with Crippen molar-refractivity contribution in [3.63, 3.8) is 0 Å². The molecule has 0 bridgehead atoms. The highest BCUT2D eigenvalue weighted by Gasteiger charge is 2.41. The molecule has 5 heteroatoms. The van der Waals surface area contributed by atoms with E-state index in [2.05, 4.69) is 15.9 Å². The maximum Gasteiger partial charge on any atom is 0.190 e. The Kier molecular flexibility index (Phi) is 2.68. The quantitative estimate of drug-likeness (QED) is 0.921. The second-order valence-corrected chi connectivity index (χ2v) is 4.63. The van der Waals surface area contributed by atoms with Gasteiger partial charge in [0.1, 0.15) is 6.61 Å². The van der Waals surface area contributed by atoms with Crippen LogP contribution in [0.1, 0.15) is 12.8 Å². The van der Waals surface area contributed by atoms with Gasteiger partial charge in [-0.3, -0.25) is 0 Å². The van der Waals surface area contributed by atoms with Crippen molar-refractivity contribution in [1.29, 1.82) is 0 Å². The van der Waals surface area contributed by atoms with Gasteiger partial charge in [0.2, 0.25) is 0 Å². The summed E-state index contributed by atoms with van der Waals surface area (Å²) in [5.41, 5.74) is -0.883. The van der Waals surface area contributed by atoms with E-state index in [0.717, 1.165) is 12.1 Å². The van der Waals surface area contributed by atoms with Crippen LogP contribution < -0.4 is 4.74 Å². The van der Waals surface area contributed by atoms with Gasteiger partial charge in [-0.15, -0.1) is 0 Å². The molecule has 1 aliphatic carbocycles. The normalized spacial score (nSPS) is 17.6. The highest BCUT2D eigenvalue weighted by Crippen LogP contribution is 2.36. The standard InChI is InChI=1S/C10H9BrF2O2/c11-6-3-7(12)9(8(13)4-6)15-5-10(14)1-2-10/h3-4,14H,1-2,5H2. The van der Waals surface area contributed by atoms with Gasteiger partial charge in [-0.05, 0) is 25.0 Å². The van der Waals surface area contributed by atoms with E-state index in [9.17, 15) is 13.9 Å². The molecule has 1 N–H and O–H groups in total. The molecule has 1 fully saturated rings. The molecule has 0 aromatic heterocycles. The smallest absolute Gasteiger partial charge is 0.190 e. The van der Waals surface area contributed by atoms with Crippen LogP contribution in [0.3, 0.4) is 0 Å². The van der Waals surface area contributed by atoms with Crippen LogP contribution in [0.5, 0.6) is 5.75 Å². The average Bonchev–Trinajstić information content (AvgIpc) is 2.82. The molecule has 0 heterocycles. The summed E-state index contributed by atoms with van der Waals surface area (Å²) in [4.78, 5) is 0. The summed E-state index contributed by atoms with van der Waals surface area (Å²) in [5.74, 6) is -1.98. The number of ether oxygens (including phenoxy) is 1. The zero-order valence-electron chi connectivity index (χ0n) is 7.77. The maximum absolute atomic E-state index is 13.2. The van der Waals surface area contributed by atoms with Gasteiger partial charge < -0.3 is 9.84 Å². The molecule has 1 aromatic rings. The molecule has 0 saturated heterocycles. The summed E-state index contributed by atoms with van der Waals surface area (Å²) >= 11 is 2.97. The average molecular weight is 279 g/mol. The van der Waals surface area contributed by atoms with Crippen molar-refractivity contribution in [3.8, 4) is 5.75 Å². The van der Waals surface area contributed by atoms with E-state index in [4.69, 9.17) is 4.74 Å². The Labute approximate surface area is 94.0 Å². The molecule has 0 aliphatic heterocycles. The molecule has 0 atom stereocenters. The molecule has 0 radical (unpaired) electrons. The van der Waals surface area contributed by atoms with Gasteiger partial charge >= 0.3 is 0 Å². The first kappa shape index (κ1) is 10.8. The third kappa shape index (κ3) is 2.46. The van der Waals surface area contributed by atoms with Crippen molar-refractivity contribution in [3.05, 3.63) is 28.2 Å². The number of halogens is 3. The van der Waals surface area contributed by atoms with Crippen LogP contribution in [0.2, 0.25) is 0 Å². The van der Waals surface area contributed by atoms with Crippen molar-refractivity contribution in [1.82, 2.24) is 0 Å². The lowest BCUT2D eigenvalue weighted by Gasteiger charge is -2.11. The molecule has 1 aliphatic rings. The summed E-state index contributed by atoms with van der Waals surface area (Å²) in [7, 11) is 0. The van der Waals surface area contributed by atoms with Gasteiger partial charge in [0.05, 0.1) is 5.60 Å². The van der Waals surface area contributed by atoms with Crippen molar-refractivity contribution in [2.75, 3.05) is 6.61 Å². The zero-order chi connectivity index (χ0) is 11.1. The van der Waals surface area contributed by atoms with E-state index < -0.39 is 23.0 Å². The third-order valence-corrected chi connectivity index (χ3v) is 2.73. The first-order valence-corrected chi connectivity index (χ1v) is 5.29. The second-order valence-electron chi connectivity index (χ2n) is 3.71. The van der Waals surface area contributed by atoms with E-state index in [1.807, 2.05) is 0 Å². The predicted molar refractivity (Wildman–Crippen MR) is 53.7 cm³/mol. The Morgan fingerprint density at radius 3 is 2.33 bits per heavy atom. The molecule has 2 nitrogen and oxygen atoms in total. The summed E-state index contributed by atoms with van der Waals surface area (Å²) < 4.78 is 31.7. The SMILES string of the molecule is OC1(COc2c(F)cc(Br)cc2F)CC1. The van der Waals surface area contributed by atoms with Crippen LogP contribution in [0.4, 0.5) is 8.78 Å². The molecule has 0 spiro atoms. The fourth-order valence-electron chi connectivity index (χ4n) is 1.16. The monoisotopic (exact) mass is 278 g/mol. The molecule has 0 unspecified atom stereocenters. The van der Waals surface area contributed by atoms with Crippen LogP contribution in [0.15, 0.2) is 16.6 Å². The number of rotatable bonds is 3. The van der Waals surface area contributed by atoms with E-state index in [1.165, 1.54) is 0 Å². The fraction of sp³-hybridized carbons (Fsp3) is 0.400. The topological polar surface area (TPSA) is 29.5 Å². The summed E-state index contributed by atoms with van der Waals surface area (Å²) in [6.07, 6.45) is 1.24. The van der Waals surface area contributed by atoms with Crippen molar-refractivity contribution in [2.24, 2.45) is 0 Å². The minimum Gasteiger partial charge on any atom is -0.485 e. The maximum atomic E-state index is 13.2. The Bertz CT molecular complexity index is 368. The van der Waals surface area contributed by atoms with Gasteiger partial charge in [0.25, 0.3) is 0 Å². The van der Waals surface area contributed by atoms with E-state index in [-0.39, 0.29) is 6.61 Å². The minimum atomic E-state index is -0.883. The molecule has 15 heavy (non-hydrogen) atoms. The van der Waals surface area contributed by atoms with Crippen molar-refractivity contribution < 1.29 is 18.6 Å². The largest absolute Gasteiger partial charge is 0.485 e. The van der Waals surface area contributed by atoms with E-state index in [0.29, 0.717) is 17.3 Å². The van der Waals surface area contributed by atoms with Gasteiger partial charge in [0.15, 0.2) is 17.4 Å². The summed E-state index contributed by atoms with van der Waals surface area (Å²) in [5, 5.41) is 9.45. The second kappa shape index (κ2) is 3.72. The van der Waals surface area contributed by atoms with Crippen molar-refractivity contribution in [2.45, 2.75) is 18.4 Å². The highest BCUT2D eigenvalue weighted by molar-refractivity contribution is 9.10. The predicted octanol–water partition coefficient (Wildman–Crippen LogP) is 2.63. The highest BCUT2D eigenvalue weighted by atomic mass is 79.9. The lowest BCUT2D eigenvalue weighted by atomic mass is 10.3. The fourth-order valence-corrected chi connectivity index (χ4v) is 1.56. The molecular weight excluding hydrogens is 270 g/mol. The van der Waals surface area contributed by atoms with Crippen LogP contribution in [-0.2, 0) is 0 Å². The van der Waals surface area contributed by atoms with Crippen LogP contribution in [-0.4, -0.2) is 17.3 Å². The Hall–Kier alpha value is -0.680. The first-order chi connectivity index (χ1) is 7.00.